The fraction of sp³-hybridized carbons (Fsp3) is 0.667. The second kappa shape index (κ2) is 6.80. The van der Waals surface area contributed by atoms with E-state index in [2.05, 4.69) is 11.3 Å². The maximum Gasteiger partial charge on any atom is 0.331 e. The Kier molecular flexibility index (Phi) is 5.68. The van der Waals surface area contributed by atoms with E-state index in [4.69, 9.17) is 9.29 Å². The Morgan fingerprint density at radius 1 is 1.33 bits per heavy atom. The molecule has 1 atom stereocenters. The van der Waals surface area contributed by atoms with Crippen LogP contribution in [0.25, 0.3) is 0 Å². The molecule has 0 aromatic carbocycles. The summed E-state index contributed by atoms with van der Waals surface area (Å²) in [6, 6.07) is 2.34. The summed E-state index contributed by atoms with van der Waals surface area (Å²) in [6.07, 6.45) is 4.59. The van der Waals surface area contributed by atoms with E-state index in [0.717, 1.165) is 25.7 Å². The van der Waals surface area contributed by atoms with Crippen LogP contribution in [0.4, 0.5) is 0 Å². The molecule has 0 aliphatic carbocycles. The van der Waals surface area contributed by atoms with Crippen molar-refractivity contribution in [2.24, 2.45) is 0 Å². The summed E-state index contributed by atoms with van der Waals surface area (Å²) in [5.41, 5.74) is 0. The van der Waals surface area contributed by atoms with Crippen molar-refractivity contribution < 1.29 is 22.1 Å². The molecule has 1 unspecified atom stereocenters. The van der Waals surface area contributed by atoms with Gasteiger partial charge in [0.05, 0.1) is 6.10 Å². The van der Waals surface area contributed by atoms with Crippen molar-refractivity contribution in [3.63, 3.8) is 0 Å². The molecule has 1 aromatic rings. The first-order valence-electron chi connectivity index (χ1n) is 6.18. The molecular formula is C12H20O5S. The van der Waals surface area contributed by atoms with Crippen molar-refractivity contribution in [1.82, 2.24) is 0 Å². The molecule has 5 nitrogen and oxygen atoms in total. The lowest BCUT2D eigenvalue weighted by molar-refractivity contribution is 0.202. The Hall–Kier alpha value is -1.01. The maximum atomic E-state index is 11.7. The van der Waals surface area contributed by atoms with E-state index in [9.17, 15) is 8.42 Å². The number of furan rings is 1. The van der Waals surface area contributed by atoms with Crippen LogP contribution in [0, 0.1) is 0 Å². The summed E-state index contributed by atoms with van der Waals surface area (Å²) in [4.78, 5) is 0. The number of hydrogen-bond acceptors (Lipinski definition) is 5. The predicted molar refractivity (Wildman–Crippen MR) is 66.9 cm³/mol. The van der Waals surface area contributed by atoms with E-state index in [1.54, 1.807) is 6.92 Å². The largest absolute Gasteiger partial charge is 0.481 e. The van der Waals surface area contributed by atoms with Crippen LogP contribution in [0.5, 0.6) is 5.95 Å². The summed E-state index contributed by atoms with van der Waals surface area (Å²) in [5.74, 6) is -0.437. The van der Waals surface area contributed by atoms with Gasteiger partial charge in [-0.25, -0.2) is 0 Å². The molecule has 0 spiro atoms. The molecule has 1 heterocycles. The number of rotatable bonds is 8. The third-order valence-corrected chi connectivity index (χ3v) is 3.86. The third-order valence-electron chi connectivity index (χ3n) is 2.57. The minimum absolute atomic E-state index is 0.361. The van der Waals surface area contributed by atoms with Crippen molar-refractivity contribution in [2.45, 2.75) is 57.1 Å². The normalized spacial score (nSPS) is 13.7. The molecule has 0 radical (unpaired) electrons. The van der Waals surface area contributed by atoms with Crippen molar-refractivity contribution in [1.29, 1.82) is 0 Å². The monoisotopic (exact) mass is 276 g/mol. The van der Waals surface area contributed by atoms with Crippen LogP contribution in [-0.4, -0.2) is 19.6 Å². The maximum absolute atomic E-state index is 11.7. The summed E-state index contributed by atoms with van der Waals surface area (Å²) in [6.45, 7) is 3.83. The standard InChI is InChI=1S/C12H20O5S/c1-3-4-5-6-7-10(2)17-18(14,15)12-9-8-11(13)16-12/h8-10,13H,3-7H2,1-2H3. The topological polar surface area (TPSA) is 76.7 Å². The molecule has 1 N–H and O–H groups in total. The van der Waals surface area contributed by atoms with Gasteiger partial charge < -0.3 is 9.52 Å². The highest BCUT2D eigenvalue weighted by atomic mass is 32.2. The number of aromatic hydroxyl groups is 1. The lowest BCUT2D eigenvalue weighted by atomic mass is 10.1. The van der Waals surface area contributed by atoms with Gasteiger partial charge in [0.25, 0.3) is 5.95 Å². The first-order valence-corrected chi connectivity index (χ1v) is 7.58. The van der Waals surface area contributed by atoms with E-state index >= 15 is 0 Å². The van der Waals surface area contributed by atoms with Gasteiger partial charge in [-0.05, 0) is 13.3 Å². The fourth-order valence-corrected chi connectivity index (χ4v) is 2.66. The van der Waals surface area contributed by atoms with Crippen LogP contribution in [-0.2, 0) is 14.3 Å². The molecule has 0 aliphatic rings. The van der Waals surface area contributed by atoms with Crippen molar-refractivity contribution in [3.8, 4) is 5.95 Å². The van der Waals surface area contributed by atoms with Gasteiger partial charge in [0.15, 0.2) is 0 Å². The SMILES string of the molecule is CCCCCCC(C)OS(=O)(=O)c1ccc(O)o1. The van der Waals surface area contributed by atoms with Crippen LogP contribution in [0.15, 0.2) is 21.6 Å². The molecule has 104 valence electrons. The van der Waals surface area contributed by atoms with Crippen LogP contribution < -0.4 is 0 Å². The molecule has 1 aromatic heterocycles. The van der Waals surface area contributed by atoms with Crippen molar-refractivity contribution in [3.05, 3.63) is 12.1 Å². The van der Waals surface area contributed by atoms with Crippen LogP contribution in [0.2, 0.25) is 0 Å². The lowest BCUT2D eigenvalue weighted by Crippen LogP contribution is -2.15. The fourth-order valence-electron chi connectivity index (χ4n) is 1.62. The average molecular weight is 276 g/mol. The van der Waals surface area contributed by atoms with E-state index < -0.39 is 16.1 Å². The minimum Gasteiger partial charge on any atom is -0.481 e. The first kappa shape index (κ1) is 15.0. The molecule has 1 rings (SSSR count). The summed E-state index contributed by atoms with van der Waals surface area (Å²) >= 11 is 0. The molecule has 6 heteroatoms. The Morgan fingerprint density at radius 3 is 2.61 bits per heavy atom. The van der Waals surface area contributed by atoms with Gasteiger partial charge in [-0.1, -0.05) is 32.6 Å². The summed E-state index contributed by atoms with van der Waals surface area (Å²) < 4.78 is 33.1. The van der Waals surface area contributed by atoms with Crippen LogP contribution >= 0.6 is 0 Å². The highest BCUT2D eigenvalue weighted by Gasteiger charge is 2.22. The average Bonchev–Trinajstić information content (AvgIpc) is 2.71. The zero-order valence-corrected chi connectivity index (χ0v) is 11.6. The molecule has 0 bridgehead atoms. The van der Waals surface area contributed by atoms with Gasteiger partial charge in [-0.15, -0.1) is 0 Å². The summed E-state index contributed by atoms with van der Waals surface area (Å²) in [7, 11) is -3.91. The van der Waals surface area contributed by atoms with Crippen LogP contribution in [0.3, 0.4) is 0 Å². The van der Waals surface area contributed by atoms with E-state index in [1.165, 1.54) is 12.1 Å². The van der Waals surface area contributed by atoms with Gasteiger partial charge in [0.2, 0.25) is 5.09 Å². The molecule has 0 amide bonds. The lowest BCUT2D eigenvalue weighted by Gasteiger charge is -2.11. The number of unbranched alkanes of at least 4 members (excludes halogenated alkanes) is 3. The van der Waals surface area contributed by atoms with Crippen molar-refractivity contribution in [2.75, 3.05) is 0 Å². The molecule has 0 fully saturated rings. The Labute approximate surface area is 108 Å². The quantitative estimate of drug-likeness (QED) is 0.583. The minimum atomic E-state index is -3.91. The van der Waals surface area contributed by atoms with E-state index in [1.807, 2.05) is 0 Å². The van der Waals surface area contributed by atoms with E-state index in [-0.39, 0.29) is 11.2 Å². The smallest absolute Gasteiger partial charge is 0.331 e. The number of hydrogen-bond donors (Lipinski definition) is 1. The first-order chi connectivity index (χ1) is 8.45. The molecule has 0 saturated heterocycles. The Balaban J connectivity index is 2.45. The molecule has 18 heavy (non-hydrogen) atoms. The van der Waals surface area contributed by atoms with E-state index in [0.29, 0.717) is 6.42 Å². The van der Waals surface area contributed by atoms with Gasteiger partial charge >= 0.3 is 10.1 Å². The summed E-state index contributed by atoms with van der Waals surface area (Å²) in [5, 5.41) is 8.60. The second-order valence-corrected chi connectivity index (χ2v) is 5.81. The molecule has 0 aliphatic heterocycles. The second-order valence-electron chi connectivity index (χ2n) is 4.30. The van der Waals surface area contributed by atoms with Gasteiger partial charge in [0, 0.05) is 12.1 Å². The highest BCUT2D eigenvalue weighted by Crippen LogP contribution is 2.22. The zero-order valence-electron chi connectivity index (χ0n) is 10.8. The Bertz CT molecular complexity index is 449. The Morgan fingerprint density at radius 2 is 2.06 bits per heavy atom. The predicted octanol–water partition coefficient (Wildman–Crippen LogP) is 3.05. The highest BCUT2D eigenvalue weighted by molar-refractivity contribution is 7.86. The third kappa shape index (κ3) is 4.70. The van der Waals surface area contributed by atoms with Gasteiger partial charge in [-0.3, -0.25) is 4.18 Å². The zero-order chi connectivity index (χ0) is 13.6. The molecule has 0 saturated carbocycles. The molecular weight excluding hydrogens is 256 g/mol. The van der Waals surface area contributed by atoms with Gasteiger partial charge in [0.1, 0.15) is 0 Å². The van der Waals surface area contributed by atoms with Gasteiger partial charge in [-0.2, -0.15) is 8.42 Å². The van der Waals surface area contributed by atoms with Crippen molar-refractivity contribution >= 4 is 10.1 Å². The van der Waals surface area contributed by atoms with Crippen LogP contribution in [0.1, 0.15) is 46.0 Å².